The van der Waals surface area contributed by atoms with Gasteiger partial charge in [-0.25, -0.2) is 0 Å². The molecule has 1 amide bonds. The Morgan fingerprint density at radius 3 is 2.77 bits per heavy atom. The first kappa shape index (κ1) is 20.1. The Hall–Kier alpha value is -2.24. The lowest BCUT2D eigenvalue weighted by Crippen LogP contribution is -2.38. The van der Waals surface area contributed by atoms with Crippen molar-refractivity contribution >= 4 is 23.0 Å². The minimum Gasteiger partial charge on any atom is -0.381 e. The lowest BCUT2D eigenvalue weighted by Gasteiger charge is -2.20. The van der Waals surface area contributed by atoms with Gasteiger partial charge >= 0.3 is 0 Å². The standard InChI is InChI=1S/C21H28N2O3/c1-2-22-12-13-23(14-15-24)21(25)11-17-26-16-10-19-8-5-7-18-6-3-4-9-20(18)19/h3-9,15,22H,2,10-14,16-17H2,1H3. The second-order valence-electron chi connectivity index (χ2n) is 6.11. The third-order valence-electron chi connectivity index (χ3n) is 4.31. The van der Waals surface area contributed by atoms with Gasteiger partial charge in [0.15, 0.2) is 0 Å². The van der Waals surface area contributed by atoms with Crippen LogP contribution in [0.5, 0.6) is 0 Å². The van der Waals surface area contributed by atoms with Crippen LogP contribution in [0.3, 0.4) is 0 Å². The van der Waals surface area contributed by atoms with E-state index < -0.39 is 0 Å². The second kappa shape index (κ2) is 11.4. The second-order valence-corrected chi connectivity index (χ2v) is 6.11. The molecule has 2 aromatic carbocycles. The molecule has 0 spiro atoms. The van der Waals surface area contributed by atoms with Crippen molar-refractivity contribution in [2.75, 3.05) is 39.4 Å². The summed E-state index contributed by atoms with van der Waals surface area (Å²) in [6.45, 7) is 5.18. The minimum atomic E-state index is -0.0415. The van der Waals surface area contributed by atoms with Gasteiger partial charge in [-0.1, -0.05) is 49.4 Å². The summed E-state index contributed by atoms with van der Waals surface area (Å²) in [5.74, 6) is -0.0415. The van der Waals surface area contributed by atoms with E-state index in [2.05, 4.69) is 35.6 Å². The maximum Gasteiger partial charge on any atom is 0.225 e. The molecular weight excluding hydrogens is 328 g/mol. The van der Waals surface area contributed by atoms with Gasteiger partial charge in [-0.2, -0.15) is 0 Å². The predicted octanol–water partition coefficient (Wildman–Crippen LogP) is 2.43. The van der Waals surface area contributed by atoms with Crippen LogP contribution in [-0.4, -0.2) is 56.5 Å². The molecule has 0 saturated carbocycles. The van der Waals surface area contributed by atoms with Crippen molar-refractivity contribution in [1.82, 2.24) is 10.2 Å². The van der Waals surface area contributed by atoms with Gasteiger partial charge in [-0.15, -0.1) is 0 Å². The van der Waals surface area contributed by atoms with Crippen LogP contribution in [0.1, 0.15) is 18.9 Å². The number of rotatable bonds is 12. The van der Waals surface area contributed by atoms with Crippen molar-refractivity contribution in [2.24, 2.45) is 0 Å². The Balaban J connectivity index is 1.73. The monoisotopic (exact) mass is 356 g/mol. The van der Waals surface area contributed by atoms with Crippen molar-refractivity contribution in [3.8, 4) is 0 Å². The summed E-state index contributed by atoms with van der Waals surface area (Å²) in [5, 5.41) is 5.63. The van der Waals surface area contributed by atoms with Crippen LogP contribution in [0.25, 0.3) is 10.8 Å². The fraction of sp³-hybridized carbons (Fsp3) is 0.429. The molecule has 2 aromatic rings. The minimum absolute atomic E-state index is 0.0415. The summed E-state index contributed by atoms with van der Waals surface area (Å²) in [5.41, 5.74) is 1.25. The van der Waals surface area contributed by atoms with E-state index in [-0.39, 0.29) is 12.5 Å². The van der Waals surface area contributed by atoms with Gasteiger partial charge in [0.25, 0.3) is 0 Å². The predicted molar refractivity (Wildman–Crippen MR) is 104 cm³/mol. The van der Waals surface area contributed by atoms with Gasteiger partial charge < -0.3 is 19.7 Å². The molecule has 0 radical (unpaired) electrons. The average molecular weight is 356 g/mol. The summed E-state index contributed by atoms with van der Waals surface area (Å²) in [4.78, 5) is 24.5. The smallest absolute Gasteiger partial charge is 0.225 e. The Kier molecular flexibility index (Phi) is 8.79. The topological polar surface area (TPSA) is 58.6 Å². The van der Waals surface area contributed by atoms with E-state index in [1.807, 2.05) is 19.1 Å². The van der Waals surface area contributed by atoms with Crippen LogP contribution in [0.4, 0.5) is 0 Å². The first-order chi connectivity index (χ1) is 12.8. The van der Waals surface area contributed by atoms with Crippen LogP contribution >= 0.6 is 0 Å². The first-order valence-corrected chi connectivity index (χ1v) is 9.22. The van der Waals surface area contributed by atoms with Crippen molar-refractivity contribution in [1.29, 1.82) is 0 Å². The number of hydrogen-bond acceptors (Lipinski definition) is 4. The summed E-state index contributed by atoms with van der Waals surface area (Å²) in [7, 11) is 0. The zero-order valence-corrected chi connectivity index (χ0v) is 15.4. The van der Waals surface area contributed by atoms with E-state index in [4.69, 9.17) is 4.74 Å². The molecule has 0 atom stereocenters. The lowest BCUT2D eigenvalue weighted by molar-refractivity contribution is -0.134. The van der Waals surface area contributed by atoms with E-state index in [0.29, 0.717) is 32.7 Å². The average Bonchev–Trinajstić information content (AvgIpc) is 2.67. The largest absolute Gasteiger partial charge is 0.381 e. The number of likely N-dealkylation sites (N-methyl/N-ethyl adjacent to an activating group) is 1. The van der Waals surface area contributed by atoms with Crippen molar-refractivity contribution < 1.29 is 14.3 Å². The molecule has 0 aliphatic rings. The highest BCUT2D eigenvalue weighted by Gasteiger charge is 2.12. The molecule has 5 heteroatoms. The molecule has 26 heavy (non-hydrogen) atoms. The summed E-state index contributed by atoms with van der Waals surface area (Å²) in [6.07, 6.45) is 1.88. The van der Waals surface area contributed by atoms with Gasteiger partial charge in [-0.3, -0.25) is 4.79 Å². The zero-order chi connectivity index (χ0) is 18.6. The van der Waals surface area contributed by atoms with Crippen LogP contribution in [0.2, 0.25) is 0 Å². The first-order valence-electron chi connectivity index (χ1n) is 9.22. The highest BCUT2D eigenvalue weighted by atomic mass is 16.5. The molecule has 1 N–H and O–H groups in total. The van der Waals surface area contributed by atoms with Gasteiger partial charge in [0.2, 0.25) is 5.91 Å². The number of aldehydes is 1. The molecule has 140 valence electrons. The number of carbonyl (C=O) groups is 2. The number of fused-ring (bicyclic) bond motifs is 1. The number of nitrogens with one attached hydrogen (secondary N) is 1. The molecule has 0 aliphatic carbocycles. The third-order valence-corrected chi connectivity index (χ3v) is 4.31. The van der Waals surface area contributed by atoms with E-state index in [1.54, 1.807) is 4.90 Å². The van der Waals surface area contributed by atoms with Crippen molar-refractivity contribution in [3.05, 3.63) is 48.0 Å². The number of amides is 1. The number of ether oxygens (including phenoxy) is 1. The lowest BCUT2D eigenvalue weighted by atomic mass is 10.0. The molecule has 0 saturated heterocycles. The highest BCUT2D eigenvalue weighted by Crippen LogP contribution is 2.18. The van der Waals surface area contributed by atoms with Crippen LogP contribution < -0.4 is 5.32 Å². The molecule has 0 bridgehead atoms. The third kappa shape index (κ3) is 6.24. The van der Waals surface area contributed by atoms with E-state index >= 15 is 0 Å². The Bertz CT molecular complexity index is 697. The number of hydrogen-bond donors (Lipinski definition) is 1. The molecular formula is C21H28N2O3. The van der Waals surface area contributed by atoms with Crippen molar-refractivity contribution in [3.63, 3.8) is 0 Å². The zero-order valence-electron chi connectivity index (χ0n) is 15.4. The molecule has 0 unspecified atom stereocenters. The molecule has 0 aromatic heterocycles. The fourth-order valence-corrected chi connectivity index (χ4v) is 2.91. The molecule has 0 aliphatic heterocycles. The van der Waals surface area contributed by atoms with Gasteiger partial charge in [0, 0.05) is 13.1 Å². The van der Waals surface area contributed by atoms with Gasteiger partial charge in [0.1, 0.15) is 6.29 Å². The SMILES string of the molecule is CCNCCN(CC=O)C(=O)CCOCCc1cccc2ccccc12. The summed E-state index contributed by atoms with van der Waals surface area (Å²) >= 11 is 0. The summed E-state index contributed by atoms with van der Waals surface area (Å²) < 4.78 is 5.66. The van der Waals surface area contributed by atoms with Crippen LogP contribution in [0, 0.1) is 0 Å². The van der Waals surface area contributed by atoms with Crippen LogP contribution in [0.15, 0.2) is 42.5 Å². The van der Waals surface area contributed by atoms with Crippen molar-refractivity contribution in [2.45, 2.75) is 19.8 Å². The molecule has 2 rings (SSSR count). The maximum absolute atomic E-state index is 12.2. The normalized spacial score (nSPS) is 10.8. The van der Waals surface area contributed by atoms with E-state index in [0.717, 1.165) is 19.3 Å². The Morgan fingerprint density at radius 1 is 1.15 bits per heavy atom. The highest BCUT2D eigenvalue weighted by molar-refractivity contribution is 5.85. The van der Waals surface area contributed by atoms with Gasteiger partial charge in [-0.05, 0) is 29.3 Å². The van der Waals surface area contributed by atoms with Crippen LogP contribution in [-0.2, 0) is 20.7 Å². The maximum atomic E-state index is 12.2. The number of nitrogens with zero attached hydrogens (tertiary/aromatic N) is 1. The number of carbonyl (C=O) groups excluding carboxylic acids is 2. The number of benzene rings is 2. The fourth-order valence-electron chi connectivity index (χ4n) is 2.91. The summed E-state index contributed by atoms with van der Waals surface area (Å²) in [6, 6.07) is 14.6. The van der Waals surface area contributed by atoms with E-state index in [9.17, 15) is 9.59 Å². The molecule has 5 nitrogen and oxygen atoms in total. The van der Waals surface area contributed by atoms with E-state index in [1.165, 1.54) is 16.3 Å². The molecule has 0 fully saturated rings. The quantitative estimate of drug-likeness (QED) is 0.469. The Labute approximate surface area is 155 Å². The Morgan fingerprint density at radius 2 is 1.96 bits per heavy atom. The van der Waals surface area contributed by atoms with Gasteiger partial charge in [0.05, 0.1) is 26.2 Å². The molecule has 0 heterocycles.